The van der Waals surface area contributed by atoms with Crippen molar-refractivity contribution in [2.75, 3.05) is 13.1 Å². The second-order valence-electron chi connectivity index (χ2n) is 4.44. The number of carbonyl (C=O) groups excluding carboxylic acids is 1. The van der Waals surface area contributed by atoms with Crippen LogP contribution in [0.25, 0.3) is 0 Å². The first-order valence-corrected chi connectivity index (χ1v) is 5.21. The first-order chi connectivity index (χ1) is 6.93. The van der Waals surface area contributed by atoms with Crippen molar-refractivity contribution in [2.45, 2.75) is 38.6 Å². The highest BCUT2D eigenvalue weighted by Crippen LogP contribution is 2.22. The number of nitrogens with one attached hydrogen (secondary N) is 1. The monoisotopic (exact) mass is 214 g/mol. The van der Waals surface area contributed by atoms with Crippen molar-refractivity contribution < 1.29 is 14.7 Å². The van der Waals surface area contributed by atoms with E-state index >= 15 is 0 Å². The molecule has 0 atom stereocenters. The summed E-state index contributed by atoms with van der Waals surface area (Å²) in [4.78, 5) is 23.8. The molecule has 0 aromatic rings. The fourth-order valence-electron chi connectivity index (χ4n) is 1.75. The van der Waals surface area contributed by atoms with Crippen molar-refractivity contribution in [2.24, 2.45) is 0 Å². The predicted molar refractivity (Wildman–Crippen MR) is 55.7 cm³/mol. The lowest BCUT2D eigenvalue weighted by Crippen LogP contribution is -2.56. The maximum absolute atomic E-state index is 11.6. The SMILES string of the molecule is CC(C)(CCC(=O)O)N1CCCNC1=O. The number of amides is 2. The predicted octanol–water partition coefficient (Wildman–Crippen LogP) is 1.05. The summed E-state index contributed by atoms with van der Waals surface area (Å²) in [6, 6.07) is -0.0864. The summed E-state index contributed by atoms with van der Waals surface area (Å²) in [5.41, 5.74) is -0.386. The number of hydrogen-bond donors (Lipinski definition) is 2. The molecule has 1 fully saturated rings. The fourth-order valence-corrected chi connectivity index (χ4v) is 1.75. The quantitative estimate of drug-likeness (QED) is 0.734. The molecule has 0 aromatic heterocycles. The Hall–Kier alpha value is -1.26. The second-order valence-corrected chi connectivity index (χ2v) is 4.44. The van der Waals surface area contributed by atoms with Crippen LogP contribution in [0.5, 0.6) is 0 Å². The van der Waals surface area contributed by atoms with Crippen LogP contribution in [0.15, 0.2) is 0 Å². The largest absolute Gasteiger partial charge is 0.481 e. The minimum atomic E-state index is -0.819. The Labute approximate surface area is 89.4 Å². The van der Waals surface area contributed by atoms with Gasteiger partial charge in [-0.05, 0) is 26.7 Å². The van der Waals surface area contributed by atoms with Gasteiger partial charge in [0, 0.05) is 25.0 Å². The third kappa shape index (κ3) is 3.11. The zero-order valence-corrected chi connectivity index (χ0v) is 9.25. The molecule has 5 heteroatoms. The maximum Gasteiger partial charge on any atom is 0.317 e. The number of aliphatic carboxylic acids is 1. The van der Waals surface area contributed by atoms with E-state index in [4.69, 9.17) is 5.11 Å². The van der Waals surface area contributed by atoms with Gasteiger partial charge in [0.05, 0.1) is 0 Å². The van der Waals surface area contributed by atoms with Gasteiger partial charge in [0.25, 0.3) is 0 Å². The van der Waals surface area contributed by atoms with Gasteiger partial charge in [-0.15, -0.1) is 0 Å². The standard InChI is InChI=1S/C10H18N2O3/c1-10(2,5-4-8(13)14)12-7-3-6-11-9(12)15/h3-7H2,1-2H3,(H,11,15)(H,13,14). The summed E-state index contributed by atoms with van der Waals surface area (Å²) in [6.07, 6.45) is 1.49. The van der Waals surface area contributed by atoms with Gasteiger partial charge < -0.3 is 15.3 Å². The van der Waals surface area contributed by atoms with Gasteiger partial charge in [0.1, 0.15) is 0 Å². The van der Waals surface area contributed by atoms with Gasteiger partial charge in [-0.25, -0.2) is 4.79 Å². The van der Waals surface area contributed by atoms with E-state index in [1.165, 1.54) is 0 Å². The molecule has 0 spiro atoms. The molecule has 1 aliphatic heterocycles. The zero-order chi connectivity index (χ0) is 11.5. The number of nitrogens with zero attached hydrogens (tertiary/aromatic N) is 1. The lowest BCUT2D eigenvalue weighted by molar-refractivity contribution is -0.137. The molecule has 0 saturated carbocycles. The maximum atomic E-state index is 11.6. The molecule has 1 saturated heterocycles. The van der Waals surface area contributed by atoms with Crippen molar-refractivity contribution in [3.05, 3.63) is 0 Å². The summed E-state index contributed by atoms with van der Waals surface area (Å²) in [5, 5.41) is 11.4. The number of carboxylic acids is 1. The Morgan fingerprint density at radius 3 is 2.80 bits per heavy atom. The van der Waals surface area contributed by atoms with E-state index in [9.17, 15) is 9.59 Å². The van der Waals surface area contributed by atoms with Gasteiger partial charge in [-0.1, -0.05) is 0 Å². The molecule has 0 aromatic carbocycles. The van der Waals surface area contributed by atoms with E-state index in [2.05, 4.69) is 5.32 Å². The first kappa shape index (κ1) is 11.8. The van der Waals surface area contributed by atoms with Crippen LogP contribution in [-0.4, -0.2) is 40.6 Å². The average molecular weight is 214 g/mol. The van der Waals surface area contributed by atoms with Crippen molar-refractivity contribution in [1.82, 2.24) is 10.2 Å². The lowest BCUT2D eigenvalue weighted by atomic mass is 9.95. The van der Waals surface area contributed by atoms with E-state index in [1.807, 2.05) is 13.8 Å². The van der Waals surface area contributed by atoms with Crippen molar-refractivity contribution in [3.63, 3.8) is 0 Å². The average Bonchev–Trinajstić information content (AvgIpc) is 2.15. The summed E-state index contributed by atoms with van der Waals surface area (Å²) in [6.45, 7) is 5.23. The van der Waals surface area contributed by atoms with Gasteiger partial charge in [-0.2, -0.15) is 0 Å². The normalized spacial score (nSPS) is 17.5. The van der Waals surface area contributed by atoms with Crippen LogP contribution in [0, 0.1) is 0 Å². The smallest absolute Gasteiger partial charge is 0.317 e. The highest BCUT2D eigenvalue weighted by Gasteiger charge is 2.32. The van der Waals surface area contributed by atoms with Gasteiger partial charge in [-0.3, -0.25) is 4.79 Å². The van der Waals surface area contributed by atoms with Crippen LogP contribution < -0.4 is 5.32 Å². The topological polar surface area (TPSA) is 69.6 Å². The molecule has 0 radical (unpaired) electrons. The minimum Gasteiger partial charge on any atom is -0.481 e. The fraction of sp³-hybridized carbons (Fsp3) is 0.800. The molecular formula is C10H18N2O3. The molecule has 1 heterocycles. The van der Waals surface area contributed by atoms with Gasteiger partial charge in [0.2, 0.25) is 0 Å². The Balaban J connectivity index is 2.57. The molecule has 2 N–H and O–H groups in total. The molecular weight excluding hydrogens is 196 g/mol. The second kappa shape index (κ2) is 4.51. The van der Waals surface area contributed by atoms with E-state index in [1.54, 1.807) is 4.90 Å². The van der Waals surface area contributed by atoms with Crippen LogP contribution in [0.1, 0.15) is 33.1 Å². The molecule has 0 bridgehead atoms. The summed E-state index contributed by atoms with van der Waals surface area (Å²) < 4.78 is 0. The van der Waals surface area contributed by atoms with Gasteiger partial charge >= 0.3 is 12.0 Å². The van der Waals surface area contributed by atoms with E-state index in [0.29, 0.717) is 19.5 Å². The molecule has 0 aliphatic carbocycles. The number of urea groups is 1. The van der Waals surface area contributed by atoms with Crippen LogP contribution in [0.3, 0.4) is 0 Å². The highest BCUT2D eigenvalue weighted by atomic mass is 16.4. The van der Waals surface area contributed by atoms with Gasteiger partial charge in [0.15, 0.2) is 0 Å². The number of carbonyl (C=O) groups is 2. The molecule has 1 rings (SSSR count). The number of carboxylic acid groups (broad SMARTS) is 1. The van der Waals surface area contributed by atoms with Crippen LogP contribution in [-0.2, 0) is 4.79 Å². The van der Waals surface area contributed by atoms with E-state index in [-0.39, 0.29) is 18.0 Å². The third-order valence-corrected chi connectivity index (χ3v) is 2.76. The molecule has 15 heavy (non-hydrogen) atoms. The summed E-state index contributed by atoms with van der Waals surface area (Å²) >= 11 is 0. The number of rotatable bonds is 4. The van der Waals surface area contributed by atoms with Crippen molar-refractivity contribution >= 4 is 12.0 Å². The third-order valence-electron chi connectivity index (χ3n) is 2.76. The van der Waals surface area contributed by atoms with E-state index in [0.717, 1.165) is 6.42 Å². The molecule has 86 valence electrons. The Bertz CT molecular complexity index is 263. The van der Waals surface area contributed by atoms with Crippen LogP contribution >= 0.6 is 0 Å². The lowest BCUT2D eigenvalue weighted by Gasteiger charge is -2.40. The van der Waals surface area contributed by atoms with Crippen molar-refractivity contribution in [1.29, 1.82) is 0 Å². The molecule has 1 aliphatic rings. The molecule has 5 nitrogen and oxygen atoms in total. The molecule has 0 unspecified atom stereocenters. The molecule has 2 amide bonds. The van der Waals surface area contributed by atoms with Crippen LogP contribution in [0.2, 0.25) is 0 Å². The minimum absolute atomic E-state index is 0.0864. The zero-order valence-electron chi connectivity index (χ0n) is 9.25. The summed E-state index contributed by atoms with van der Waals surface area (Å²) in [7, 11) is 0. The summed E-state index contributed by atoms with van der Waals surface area (Å²) in [5.74, 6) is -0.819. The Morgan fingerprint density at radius 2 is 2.27 bits per heavy atom. The highest BCUT2D eigenvalue weighted by molar-refractivity contribution is 5.76. The number of hydrogen-bond acceptors (Lipinski definition) is 2. The Kier molecular flexibility index (Phi) is 3.55. The first-order valence-electron chi connectivity index (χ1n) is 5.21. The Morgan fingerprint density at radius 1 is 1.60 bits per heavy atom. The van der Waals surface area contributed by atoms with Crippen LogP contribution in [0.4, 0.5) is 4.79 Å². The van der Waals surface area contributed by atoms with Crippen molar-refractivity contribution in [3.8, 4) is 0 Å². The van der Waals surface area contributed by atoms with E-state index < -0.39 is 5.97 Å².